The van der Waals surface area contributed by atoms with E-state index >= 15 is 0 Å². The van der Waals surface area contributed by atoms with Crippen LogP contribution in [-0.2, 0) is 0 Å². The summed E-state index contributed by atoms with van der Waals surface area (Å²) in [6.45, 7) is 1.73. The number of hydrogen-bond donors (Lipinski definition) is 0. The molecule has 0 spiro atoms. The molecule has 0 fully saturated rings. The molecule has 20 heavy (non-hydrogen) atoms. The molecule has 2 heterocycles. The van der Waals surface area contributed by atoms with E-state index in [1.807, 2.05) is 0 Å². The quantitative estimate of drug-likeness (QED) is 0.741. The first-order chi connectivity index (χ1) is 9.56. The van der Waals surface area contributed by atoms with Crippen LogP contribution < -0.4 is 4.74 Å². The minimum atomic E-state index is -0.797. The molecule has 2 aliphatic rings. The molecule has 1 aromatic heterocycles. The number of hydrogen-bond acceptors (Lipinski definition) is 5. The van der Waals surface area contributed by atoms with Crippen molar-refractivity contribution in [3.8, 4) is 5.75 Å². The highest BCUT2D eigenvalue weighted by molar-refractivity contribution is 6.28. The van der Waals surface area contributed by atoms with E-state index in [-0.39, 0.29) is 22.8 Å². The van der Waals surface area contributed by atoms with Crippen LogP contribution in [0.4, 0.5) is 0 Å². The first-order valence-electron chi connectivity index (χ1n) is 6.01. The standard InChI is InChI=1S/C14H11ClN2O3/c1-7-9(20-2)6-16-11-10(7)14(19)12-8(13(11)18)4-3-5-17(12)15/h3-6,12H,1-2H3. The van der Waals surface area contributed by atoms with Gasteiger partial charge in [-0.25, -0.2) is 4.98 Å². The van der Waals surface area contributed by atoms with Gasteiger partial charge in [-0.1, -0.05) is 6.08 Å². The number of pyridine rings is 1. The number of carbonyl (C=O) groups is 2. The van der Waals surface area contributed by atoms with Gasteiger partial charge in [-0.15, -0.1) is 0 Å². The summed E-state index contributed by atoms with van der Waals surface area (Å²) in [6.07, 6.45) is 6.24. The van der Waals surface area contributed by atoms with Crippen molar-refractivity contribution in [2.45, 2.75) is 13.0 Å². The van der Waals surface area contributed by atoms with Gasteiger partial charge in [0.25, 0.3) is 0 Å². The number of nitrogens with zero attached hydrogens (tertiary/aromatic N) is 2. The third kappa shape index (κ3) is 1.59. The molecular weight excluding hydrogens is 280 g/mol. The number of ketones is 2. The lowest BCUT2D eigenvalue weighted by molar-refractivity contribution is 0.0875. The summed E-state index contributed by atoms with van der Waals surface area (Å²) in [5, 5.41) is 0. The Labute approximate surface area is 120 Å². The molecule has 3 rings (SSSR count). The summed E-state index contributed by atoms with van der Waals surface area (Å²) in [7, 11) is 1.49. The summed E-state index contributed by atoms with van der Waals surface area (Å²) in [5.41, 5.74) is 1.40. The lowest BCUT2D eigenvalue weighted by atomic mass is 9.82. The molecule has 0 amide bonds. The van der Waals surface area contributed by atoms with Crippen LogP contribution in [0.2, 0.25) is 0 Å². The first kappa shape index (κ1) is 12.9. The number of aromatic nitrogens is 1. The molecule has 1 aliphatic carbocycles. The molecule has 0 saturated carbocycles. The largest absolute Gasteiger partial charge is 0.495 e. The Hall–Kier alpha value is -2.14. The van der Waals surface area contributed by atoms with E-state index < -0.39 is 6.04 Å². The summed E-state index contributed by atoms with van der Waals surface area (Å²) in [5.74, 6) is -0.0377. The molecule has 1 unspecified atom stereocenters. The third-order valence-corrected chi connectivity index (χ3v) is 3.84. The third-order valence-electron chi connectivity index (χ3n) is 3.53. The van der Waals surface area contributed by atoms with Crippen LogP contribution in [0.1, 0.15) is 26.4 Å². The van der Waals surface area contributed by atoms with Gasteiger partial charge in [0, 0.05) is 29.1 Å². The Morgan fingerprint density at radius 1 is 1.40 bits per heavy atom. The second-order valence-corrected chi connectivity index (χ2v) is 4.97. The van der Waals surface area contributed by atoms with Gasteiger partial charge in [-0.05, 0) is 13.0 Å². The molecule has 0 N–H and O–H groups in total. The van der Waals surface area contributed by atoms with Crippen molar-refractivity contribution in [2.75, 3.05) is 7.11 Å². The van der Waals surface area contributed by atoms with Gasteiger partial charge in [-0.3, -0.25) is 14.0 Å². The fourth-order valence-corrected chi connectivity index (χ4v) is 2.79. The zero-order valence-electron chi connectivity index (χ0n) is 10.9. The van der Waals surface area contributed by atoms with Crippen LogP contribution in [0.3, 0.4) is 0 Å². The van der Waals surface area contributed by atoms with Crippen molar-refractivity contribution < 1.29 is 14.3 Å². The highest BCUT2D eigenvalue weighted by Gasteiger charge is 2.42. The van der Waals surface area contributed by atoms with Crippen molar-refractivity contribution in [1.82, 2.24) is 9.40 Å². The Balaban J connectivity index is 2.26. The maximum absolute atomic E-state index is 12.6. The zero-order valence-corrected chi connectivity index (χ0v) is 11.6. The summed E-state index contributed by atoms with van der Waals surface area (Å²) in [4.78, 5) is 29.2. The normalized spacial score (nSPS) is 20.4. The van der Waals surface area contributed by atoms with Crippen LogP contribution in [-0.4, -0.2) is 34.1 Å². The number of ether oxygens (including phenoxy) is 1. The predicted molar refractivity (Wildman–Crippen MR) is 72.9 cm³/mol. The molecule has 0 saturated heterocycles. The highest BCUT2D eigenvalue weighted by atomic mass is 35.5. The minimum absolute atomic E-state index is 0.163. The van der Waals surface area contributed by atoms with E-state index in [0.29, 0.717) is 16.9 Å². The average molecular weight is 291 g/mol. The number of allylic oxidation sites excluding steroid dienone is 2. The van der Waals surface area contributed by atoms with E-state index in [9.17, 15) is 9.59 Å². The lowest BCUT2D eigenvalue weighted by Crippen LogP contribution is -2.43. The molecular formula is C14H11ClN2O3. The van der Waals surface area contributed by atoms with Gasteiger partial charge >= 0.3 is 0 Å². The lowest BCUT2D eigenvalue weighted by Gasteiger charge is -2.31. The Kier molecular flexibility index (Phi) is 2.87. The van der Waals surface area contributed by atoms with Gasteiger partial charge in [0.05, 0.1) is 18.9 Å². The van der Waals surface area contributed by atoms with E-state index in [0.717, 1.165) is 0 Å². The van der Waals surface area contributed by atoms with Crippen molar-refractivity contribution >= 4 is 23.3 Å². The van der Waals surface area contributed by atoms with Gasteiger partial charge < -0.3 is 4.74 Å². The number of halogens is 1. The molecule has 1 aromatic rings. The van der Waals surface area contributed by atoms with E-state index in [2.05, 4.69) is 4.98 Å². The molecule has 0 aromatic carbocycles. The molecule has 1 aliphatic heterocycles. The van der Waals surface area contributed by atoms with Gasteiger partial charge in [0.15, 0.2) is 5.78 Å². The highest BCUT2D eigenvalue weighted by Crippen LogP contribution is 2.34. The van der Waals surface area contributed by atoms with Gasteiger partial charge in [0.1, 0.15) is 17.5 Å². The SMILES string of the molecule is COc1cnc2c(c1C)C(=O)C1C(=CC=CN1Cl)C2=O. The van der Waals surface area contributed by atoms with Crippen LogP contribution in [0.5, 0.6) is 5.75 Å². The Bertz CT molecular complexity index is 694. The first-order valence-corrected chi connectivity index (χ1v) is 6.35. The predicted octanol–water partition coefficient (Wildman–Crippen LogP) is 2.06. The fourth-order valence-electron chi connectivity index (χ4n) is 2.53. The number of methoxy groups -OCH3 is 1. The molecule has 0 bridgehead atoms. The van der Waals surface area contributed by atoms with Crippen molar-refractivity contribution in [3.05, 3.63) is 46.9 Å². The maximum Gasteiger partial charge on any atom is 0.210 e. The van der Waals surface area contributed by atoms with Crippen molar-refractivity contribution in [1.29, 1.82) is 0 Å². The molecule has 0 radical (unpaired) electrons. The number of fused-ring (bicyclic) bond motifs is 2. The van der Waals surface area contributed by atoms with Crippen LogP contribution in [0.15, 0.2) is 30.1 Å². The van der Waals surface area contributed by atoms with Crippen molar-refractivity contribution in [2.24, 2.45) is 0 Å². The summed E-state index contributed by atoms with van der Waals surface area (Å²) >= 11 is 6.02. The van der Waals surface area contributed by atoms with Crippen LogP contribution in [0, 0.1) is 6.92 Å². The minimum Gasteiger partial charge on any atom is -0.495 e. The number of Topliss-reactive ketones (excluding diaryl/α,β-unsaturated/α-hetero) is 2. The Morgan fingerprint density at radius 3 is 2.85 bits per heavy atom. The summed E-state index contributed by atoms with van der Waals surface area (Å²) < 4.78 is 6.38. The maximum atomic E-state index is 12.6. The number of carbonyl (C=O) groups excluding carboxylic acids is 2. The van der Waals surface area contributed by atoms with E-state index in [1.54, 1.807) is 25.3 Å². The molecule has 5 nitrogen and oxygen atoms in total. The molecule has 6 heteroatoms. The van der Waals surface area contributed by atoms with Crippen molar-refractivity contribution in [3.63, 3.8) is 0 Å². The summed E-state index contributed by atoms with van der Waals surface area (Å²) in [6, 6.07) is -0.797. The van der Waals surface area contributed by atoms with E-state index in [4.69, 9.17) is 16.5 Å². The second-order valence-electron chi connectivity index (χ2n) is 4.58. The smallest absolute Gasteiger partial charge is 0.210 e. The average Bonchev–Trinajstić information content (AvgIpc) is 2.44. The number of rotatable bonds is 1. The van der Waals surface area contributed by atoms with Crippen LogP contribution in [0.25, 0.3) is 0 Å². The molecule has 102 valence electrons. The fraction of sp³-hybridized carbons (Fsp3) is 0.214. The zero-order chi connectivity index (χ0) is 14.4. The molecule has 1 atom stereocenters. The van der Waals surface area contributed by atoms with Crippen LogP contribution >= 0.6 is 11.8 Å². The van der Waals surface area contributed by atoms with Gasteiger partial charge in [0.2, 0.25) is 5.78 Å². The topological polar surface area (TPSA) is 59.5 Å². The van der Waals surface area contributed by atoms with Gasteiger partial charge in [-0.2, -0.15) is 0 Å². The van der Waals surface area contributed by atoms with E-state index in [1.165, 1.54) is 17.7 Å². The Morgan fingerprint density at radius 2 is 2.15 bits per heavy atom. The monoisotopic (exact) mass is 290 g/mol. The second kappa shape index (κ2) is 4.45.